The highest BCUT2D eigenvalue weighted by Gasteiger charge is 2.35. The van der Waals surface area contributed by atoms with Crippen molar-refractivity contribution in [2.75, 3.05) is 5.75 Å². The largest absolute Gasteiger partial charge is 0.403 e. The van der Waals surface area contributed by atoms with E-state index >= 15 is 0 Å². The van der Waals surface area contributed by atoms with Gasteiger partial charge in [0.25, 0.3) is 0 Å². The SMILES string of the molecule is N/C=C1\NC(CS(=O)(=O)C2CCCCC2)C2=C1C=CCC2. The number of rotatable bonds is 3. The Morgan fingerprint density at radius 1 is 1.29 bits per heavy atom. The van der Waals surface area contributed by atoms with E-state index in [0.717, 1.165) is 49.8 Å². The molecule has 5 heteroatoms. The molecule has 116 valence electrons. The van der Waals surface area contributed by atoms with E-state index in [2.05, 4.69) is 17.5 Å². The molecule has 0 aromatic rings. The molecule has 1 saturated carbocycles. The average Bonchev–Trinajstić information content (AvgIpc) is 2.86. The van der Waals surface area contributed by atoms with Crippen molar-refractivity contribution < 1.29 is 8.42 Å². The summed E-state index contributed by atoms with van der Waals surface area (Å²) < 4.78 is 25.4. The van der Waals surface area contributed by atoms with Crippen molar-refractivity contribution in [2.24, 2.45) is 5.73 Å². The van der Waals surface area contributed by atoms with Gasteiger partial charge in [-0.3, -0.25) is 0 Å². The van der Waals surface area contributed by atoms with E-state index in [-0.39, 0.29) is 17.0 Å². The molecule has 0 amide bonds. The van der Waals surface area contributed by atoms with E-state index in [0.29, 0.717) is 0 Å². The summed E-state index contributed by atoms with van der Waals surface area (Å²) in [6.45, 7) is 0. The zero-order valence-electron chi connectivity index (χ0n) is 12.3. The highest BCUT2D eigenvalue weighted by atomic mass is 32.2. The van der Waals surface area contributed by atoms with Gasteiger partial charge < -0.3 is 11.1 Å². The maximum Gasteiger partial charge on any atom is 0.155 e. The zero-order chi connectivity index (χ0) is 14.9. The molecule has 3 rings (SSSR count). The first-order chi connectivity index (χ1) is 10.1. The van der Waals surface area contributed by atoms with Gasteiger partial charge in [-0.05, 0) is 31.3 Å². The maximum atomic E-state index is 12.7. The lowest BCUT2D eigenvalue weighted by molar-refractivity contribution is 0.481. The molecular formula is C16H24N2O2S. The lowest BCUT2D eigenvalue weighted by Crippen LogP contribution is -2.37. The first-order valence-electron chi connectivity index (χ1n) is 7.92. The summed E-state index contributed by atoms with van der Waals surface area (Å²) >= 11 is 0. The molecule has 0 spiro atoms. The molecule has 1 fully saturated rings. The van der Waals surface area contributed by atoms with E-state index in [1.165, 1.54) is 12.0 Å². The van der Waals surface area contributed by atoms with Gasteiger partial charge in [0.1, 0.15) is 0 Å². The monoisotopic (exact) mass is 308 g/mol. The quantitative estimate of drug-likeness (QED) is 0.838. The van der Waals surface area contributed by atoms with Crippen molar-refractivity contribution >= 4 is 9.84 Å². The van der Waals surface area contributed by atoms with Gasteiger partial charge in [0.05, 0.1) is 22.7 Å². The highest BCUT2D eigenvalue weighted by Crippen LogP contribution is 2.34. The van der Waals surface area contributed by atoms with Crippen LogP contribution in [0.2, 0.25) is 0 Å². The molecule has 3 N–H and O–H groups in total. The van der Waals surface area contributed by atoms with Crippen molar-refractivity contribution in [2.45, 2.75) is 56.2 Å². The average molecular weight is 308 g/mol. The molecule has 0 aromatic carbocycles. The fourth-order valence-electron chi connectivity index (χ4n) is 3.73. The van der Waals surface area contributed by atoms with Crippen LogP contribution in [0.1, 0.15) is 44.9 Å². The van der Waals surface area contributed by atoms with Crippen molar-refractivity contribution in [3.63, 3.8) is 0 Å². The van der Waals surface area contributed by atoms with Crippen LogP contribution >= 0.6 is 0 Å². The predicted molar refractivity (Wildman–Crippen MR) is 85.3 cm³/mol. The van der Waals surface area contributed by atoms with Crippen LogP contribution in [0.15, 0.2) is 35.2 Å². The minimum absolute atomic E-state index is 0.0910. The summed E-state index contributed by atoms with van der Waals surface area (Å²) in [6.07, 6.45) is 12.6. The van der Waals surface area contributed by atoms with Crippen LogP contribution in [0.3, 0.4) is 0 Å². The number of hydrogen-bond acceptors (Lipinski definition) is 4. The first-order valence-corrected chi connectivity index (χ1v) is 9.63. The summed E-state index contributed by atoms with van der Waals surface area (Å²) in [5.41, 5.74) is 8.87. The minimum Gasteiger partial charge on any atom is -0.403 e. The van der Waals surface area contributed by atoms with Crippen molar-refractivity contribution in [3.8, 4) is 0 Å². The van der Waals surface area contributed by atoms with E-state index in [1.807, 2.05) is 0 Å². The molecular weight excluding hydrogens is 284 g/mol. The number of nitrogens with one attached hydrogen (secondary N) is 1. The fraction of sp³-hybridized carbons (Fsp3) is 0.625. The Morgan fingerprint density at radius 2 is 2.05 bits per heavy atom. The van der Waals surface area contributed by atoms with Gasteiger partial charge in [-0.15, -0.1) is 0 Å². The minimum atomic E-state index is -3.04. The molecule has 1 unspecified atom stereocenters. The second-order valence-corrected chi connectivity index (χ2v) is 8.57. The molecule has 0 aromatic heterocycles. The standard InChI is InChI=1S/C16H24N2O2S/c17-10-15-13-8-4-5-9-14(13)16(18-15)11-21(19,20)12-6-2-1-3-7-12/h4,8,10,12,16,18H,1-3,5-7,9,11,17H2/b15-10-. The van der Waals surface area contributed by atoms with Crippen LogP contribution in [0.25, 0.3) is 0 Å². The Labute approximate surface area is 127 Å². The van der Waals surface area contributed by atoms with Gasteiger partial charge in [0.15, 0.2) is 9.84 Å². The van der Waals surface area contributed by atoms with Gasteiger partial charge in [-0.2, -0.15) is 0 Å². The van der Waals surface area contributed by atoms with Crippen molar-refractivity contribution in [1.82, 2.24) is 5.32 Å². The van der Waals surface area contributed by atoms with Crippen LogP contribution in [0.4, 0.5) is 0 Å². The third-order valence-corrected chi connectivity index (χ3v) is 7.16. The first kappa shape index (κ1) is 14.7. The molecule has 21 heavy (non-hydrogen) atoms. The highest BCUT2D eigenvalue weighted by molar-refractivity contribution is 7.92. The van der Waals surface area contributed by atoms with Crippen molar-refractivity contribution in [3.05, 3.63) is 35.2 Å². The van der Waals surface area contributed by atoms with E-state index in [9.17, 15) is 8.42 Å². The summed E-state index contributed by atoms with van der Waals surface area (Å²) in [5.74, 6) is 0.210. The summed E-state index contributed by atoms with van der Waals surface area (Å²) in [7, 11) is -3.04. The second-order valence-electron chi connectivity index (χ2n) is 6.25. The Kier molecular flexibility index (Phi) is 4.11. The normalized spacial score (nSPS) is 28.8. The smallest absolute Gasteiger partial charge is 0.155 e. The van der Waals surface area contributed by atoms with Gasteiger partial charge in [-0.25, -0.2) is 8.42 Å². The van der Waals surface area contributed by atoms with Crippen LogP contribution in [0, 0.1) is 0 Å². The third-order valence-electron chi connectivity index (χ3n) is 4.88. The van der Waals surface area contributed by atoms with Crippen LogP contribution in [0.5, 0.6) is 0 Å². The Bertz CT molecular complexity index is 596. The van der Waals surface area contributed by atoms with Gasteiger partial charge in [-0.1, -0.05) is 31.4 Å². The Morgan fingerprint density at radius 3 is 2.76 bits per heavy atom. The molecule has 4 nitrogen and oxygen atoms in total. The van der Waals surface area contributed by atoms with Gasteiger partial charge >= 0.3 is 0 Å². The predicted octanol–water partition coefficient (Wildman–Crippen LogP) is 2.15. The van der Waals surface area contributed by atoms with Gasteiger partial charge in [0.2, 0.25) is 0 Å². The zero-order valence-corrected chi connectivity index (χ0v) is 13.2. The van der Waals surface area contributed by atoms with E-state index < -0.39 is 9.84 Å². The number of hydrogen-bond donors (Lipinski definition) is 2. The Hall–Kier alpha value is -1.23. The molecule has 0 saturated heterocycles. The molecule has 1 heterocycles. The summed E-state index contributed by atoms with van der Waals surface area (Å²) in [4.78, 5) is 0. The molecule has 1 atom stereocenters. The lowest BCUT2D eigenvalue weighted by Gasteiger charge is -2.24. The van der Waals surface area contributed by atoms with E-state index in [4.69, 9.17) is 5.73 Å². The molecule has 0 bridgehead atoms. The summed E-state index contributed by atoms with van der Waals surface area (Å²) in [6, 6.07) is -0.0910. The van der Waals surface area contributed by atoms with Gasteiger partial charge in [0, 0.05) is 11.8 Å². The van der Waals surface area contributed by atoms with Crippen LogP contribution in [-0.4, -0.2) is 25.5 Å². The molecule has 1 aliphatic heterocycles. The van der Waals surface area contributed by atoms with Crippen molar-refractivity contribution in [1.29, 1.82) is 0 Å². The fourth-order valence-corrected chi connectivity index (χ4v) is 5.80. The lowest BCUT2D eigenvalue weighted by atomic mass is 9.95. The van der Waals surface area contributed by atoms with Crippen LogP contribution < -0.4 is 11.1 Å². The number of sulfone groups is 1. The third kappa shape index (κ3) is 2.89. The second kappa shape index (κ2) is 5.87. The topological polar surface area (TPSA) is 72.2 Å². The molecule has 2 aliphatic carbocycles. The maximum absolute atomic E-state index is 12.7. The molecule has 3 aliphatic rings. The summed E-state index contributed by atoms with van der Waals surface area (Å²) in [5, 5.41) is 3.17. The number of nitrogens with two attached hydrogens (primary N) is 1. The Balaban J connectivity index is 1.79. The number of allylic oxidation sites excluding steroid dienone is 2. The van der Waals surface area contributed by atoms with E-state index in [1.54, 1.807) is 6.20 Å². The van der Waals surface area contributed by atoms with Crippen LogP contribution in [-0.2, 0) is 9.84 Å². The molecule has 0 radical (unpaired) electrons.